The molecule has 0 aliphatic carbocycles. The molecule has 6 nitrogen and oxygen atoms in total. The van der Waals surface area contributed by atoms with Crippen molar-refractivity contribution < 1.29 is 14.3 Å². The molecule has 0 fully saturated rings. The molecule has 0 aliphatic rings. The summed E-state index contributed by atoms with van der Waals surface area (Å²) in [4.78, 5) is 29.6. The van der Waals surface area contributed by atoms with Gasteiger partial charge in [-0.05, 0) is 42.0 Å². The van der Waals surface area contributed by atoms with Crippen molar-refractivity contribution in [3.8, 4) is 0 Å². The number of aromatic nitrogens is 1. The summed E-state index contributed by atoms with van der Waals surface area (Å²) in [5.74, 6) is -0.405. The highest BCUT2D eigenvalue weighted by Crippen LogP contribution is 2.14. The Morgan fingerprint density at radius 2 is 1.76 bits per heavy atom. The zero-order valence-corrected chi connectivity index (χ0v) is 20.2. The van der Waals surface area contributed by atoms with Crippen molar-refractivity contribution in [1.82, 2.24) is 14.4 Å². The zero-order chi connectivity index (χ0) is 24.3. The quantitative estimate of drug-likeness (QED) is 0.359. The van der Waals surface area contributed by atoms with Crippen LogP contribution in [0.3, 0.4) is 0 Å². The molecule has 0 N–H and O–H groups in total. The normalized spacial score (nSPS) is 10.6. The summed E-state index contributed by atoms with van der Waals surface area (Å²) in [5.41, 5.74) is 2.66. The smallest absolute Gasteiger partial charge is 0.254 e. The van der Waals surface area contributed by atoms with Gasteiger partial charge in [-0.3, -0.25) is 9.59 Å². The first-order valence-corrected chi connectivity index (χ1v) is 11.5. The van der Waals surface area contributed by atoms with Gasteiger partial charge in [0.25, 0.3) is 5.91 Å². The highest BCUT2D eigenvalue weighted by atomic mass is 35.5. The number of carbonyl (C=O) groups is 2. The molecule has 3 rings (SSSR count). The van der Waals surface area contributed by atoms with Gasteiger partial charge >= 0.3 is 0 Å². The van der Waals surface area contributed by atoms with Gasteiger partial charge in [0.2, 0.25) is 5.91 Å². The maximum Gasteiger partial charge on any atom is 0.254 e. The van der Waals surface area contributed by atoms with Gasteiger partial charge in [-0.2, -0.15) is 0 Å². The van der Waals surface area contributed by atoms with Crippen molar-refractivity contribution in [3.05, 3.63) is 107 Å². The fraction of sp³-hybridized carbons (Fsp3) is 0.259. The third-order valence-electron chi connectivity index (χ3n) is 5.44. The summed E-state index contributed by atoms with van der Waals surface area (Å²) >= 11 is 5.95. The molecule has 3 aromatic rings. The Labute approximate surface area is 206 Å². The predicted octanol–water partition coefficient (Wildman–Crippen LogP) is 4.49. The van der Waals surface area contributed by atoms with Crippen molar-refractivity contribution >= 4 is 23.4 Å². The second-order valence-corrected chi connectivity index (χ2v) is 8.34. The SMILES string of the molecule is C=CCN(CC(=O)N(CCOC)Cc1cccn1Cc1ccccc1)C(=O)c1ccc(Cl)cc1. The minimum absolute atomic E-state index is 0.0589. The second kappa shape index (κ2) is 12.8. The maximum atomic E-state index is 13.3. The van der Waals surface area contributed by atoms with E-state index in [4.69, 9.17) is 16.3 Å². The standard InChI is InChI=1S/C27H30ClN3O3/c1-3-15-31(27(33)23-11-13-24(28)14-12-23)21-26(32)30(17-18-34-2)20-25-10-7-16-29(25)19-22-8-5-4-6-9-22/h3-14,16H,1,15,17-21H2,2H3. The fourth-order valence-corrected chi connectivity index (χ4v) is 3.76. The highest BCUT2D eigenvalue weighted by Gasteiger charge is 2.22. The Morgan fingerprint density at radius 3 is 2.44 bits per heavy atom. The van der Waals surface area contributed by atoms with Gasteiger partial charge in [0.15, 0.2) is 0 Å². The Balaban J connectivity index is 1.74. The van der Waals surface area contributed by atoms with E-state index in [1.54, 1.807) is 42.4 Å². The molecule has 34 heavy (non-hydrogen) atoms. The zero-order valence-electron chi connectivity index (χ0n) is 19.4. The Kier molecular flexibility index (Phi) is 9.50. The number of carbonyl (C=O) groups excluding carboxylic acids is 2. The molecular weight excluding hydrogens is 450 g/mol. The van der Waals surface area contributed by atoms with E-state index in [-0.39, 0.29) is 24.9 Å². The first kappa shape index (κ1) is 25.3. The molecule has 0 aliphatic heterocycles. The van der Waals surface area contributed by atoms with Gasteiger partial charge in [-0.25, -0.2) is 0 Å². The first-order chi connectivity index (χ1) is 16.5. The average Bonchev–Trinajstić information content (AvgIpc) is 3.28. The minimum Gasteiger partial charge on any atom is -0.383 e. The molecular formula is C27H30ClN3O3. The summed E-state index contributed by atoms with van der Waals surface area (Å²) in [7, 11) is 1.61. The Bertz CT molecular complexity index is 1080. The average molecular weight is 480 g/mol. The molecule has 1 aromatic heterocycles. The van der Waals surface area contributed by atoms with Crippen LogP contribution in [-0.2, 0) is 22.6 Å². The maximum absolute atomic E-state index is 13.3. The topological polar surface area (TPSA) is 54.8 Å². The Hall–Kier alpha value is -3.35. The minimum atomic E-state index is -0.246. The third kappa shape index (κ3) is 7.07. The number of amides is 2. The molecule has 1 heterocycles. The van der Waals surface area contributed by atoms with Crippen LogP contribution in [-0.4, -0.2) is 59.5 Å². The molecule has 0 bridgehead atoms. The number of hydrogen-bond donors (Lipinski definition) is 0. The second-order valence-electron chi connectivity index (χ2n) is 7.90. The number of ether oxygens (including phenoxy) is 1. The van der Waals surface area contributed by atoms with Gasteiger partial charge < -0.3 is 19.1 Å². The number of halogens is 1. The van der Waals surface area contributed by atoms with Crippen molar-refractivity contribution in [2.75, 3.05) is 33.4 Å². The number of methoxy groups -OCH3 is 1. The molecule has 0 spiro atoms. The van der Waals surface area contributed by atoms with Crippen LogP contribution in [0.1, 0.15) is 21.6 Å². The molecule has 0 saturated heterocycles. The van der Waals surface area contributed by atoms with Gasteiger partial charge in [0, 0.05) is 49.2 Å². The lowest BCUT2D eigenvalue weighted by Gasteiger charge is -2.27. The third-order valence-corrected chi connectivity index (χ3v) is 5.70. The predicted molar refractivity (Wildman–Crippen MR) is 135 cm³/mol. The van der Waals surface area contributed by atoms with Crippen LogP contribution in [0.25, 0.3) is 0 Å². The van der Waals surface area contributed by atoms with Gasteiger partial charge in [0.1, 0.15) is 6.54 Å². The van der Waals surface area contributed by atoms with E-state index in [0.29, 0.717) is 36.8 Å². The van der Waals surface area contributed by atoms with Crippen LogP contribution in [0.2, 0.25) is 5.02 Å². The van der Waals surface area contributed by atoms with Crippen LogP contribution in [0, 0.1) is 0 Å². The lowest BCUT2D eigenvalue weighted by molar-refractivity contribution is -0.133. The van der Waals surface area contributed by atoms with Crippen LogP contribution in [0.5, 0.6) is 0 Å². The fourth-order valence-electron chi connectivity index (χ4n) is 3.63. The summed E-state index contributed by atoms with van der Waals surface area (Å²) in [6.45, 7) is 5.89. The van der Waals surface area contributed by atoms with E-state index in [1.165, 1.54) is 10.5 Å². The largest absolute Gasteiger partial charge is 0.383 e. The Morgan fingerprint density at radius 1 is 1.03 bits per heavy atom. The van der Waals surface area contributed by atoms with Crippen LogP contribution < -0.4 is 0 Å². The van der Waals surface area contributed by atoms with Gasteiger partial charge in [-0.1, -0.05) is 48.0 Å². The molecule has 0 saturated carbocycles. The molecule has 2 amide bonds. The summed E-state index contributed by atoms with van der Waals surface area (Å²) < 4.78 is 7.37. The molecule has 178 valence electrons. The molecule has 0 atom stereocenters. The van der Waals surface area contributed by atoms with E-state index in [2.05, 4.69) is 23.3 Å². The van der Waals surface area contributed by atoms with Crippen molar-refractivity contribution in [2.45, 2.75) is 13.1 Å². The monoisotopic (exact) mass is 479 g/mol. The summed E-state index contributed by atoms with van der Waals surface area (Å²) in [6.07, 6.45) is 3.63. The van der Waals surface area contributed by atoms with Crippen LogP contribution >= 0.6 is 11.6 Å². The summed E-state index contributed by atoms with van der Waals surface area (Å²) in [5, 5.41) is 0.548. The highest BCUT2D eigenvalue weighted by molar-refractivity contribution is 6.30. The molecule has 7 heteroatoms. The number of hydrogen-bond acceptors (Lipinski definition) is 3. The molecule has 0 radical (unpaired) electrons. The van der Waals surface area contributed by atoms with E-state index in [1.807, 2.05) is 36.5 Å². The number of rotatable bonds is 12. The summed E-state index contributed by atoms with van der Waals surface area (Å²) in [6, 6.07) is 20.8. The van der Waals surface area contributed by atoms with Crippen LogP contribution in [0.4, 0.5) is 0 Å². The van der Waals surface area contributed by atoms with Gasteiger partial charge in [0.05, 0.1) is 13.2 Å². The number of benzene rings is 2. The van der Waals surface area contributed by atoms with Crippen molar-refractivity contribution in [3.63, 3.8) is 0 Å². The van der Waals surface area contributed by atoms with E-state index < -0.39 is 0 Å². The number of nitrogens with zero attached hydrogens (tertiary/aromatic N) is 3. The van der Waals surface area contributed by atoms with E-state index >= 15 is 0 Å². The van der Waals surface area contributed by atoms with Crippen molar-refractivity contribution in [1.29, 1.82) is 0 Å². The van der Waals surface area contributed by atoms with Gasteiger partial charge in [-0.15, -0.1) is 6.58 Å². The molecule has 0 unspecified atom stereocenters. The van der Waals surface area contributed by atoms with Crippen LogP contribution in [0.15, 0.2) is 85.6 Å². The molecule has 2 aromatic carbocycles. The lowest BCUT2D eigenvalue weighted by atomic mass is 10.2. The first-order valence-electron chi connectivity index (χ1n) is 11.1. The van der Waals surface area contributed by atoms with E-state index in [9.17, 15) is 9.59 Å². The van der Waals surface area contributed by atoms with Crippen molar-refractivity contribution in [2.24, 2.45) is 0 Å². The lowest BCUT2D eigenvalue weighted by Crippen LogP contribution is -2.44. The van der Waals surface area contributed by atoms with E-state index in [0.717, 1.165) is 5.69 Å².